The number of rotatable bonds is 6. The Balaban J connectivity index is 2.20. The van der Waals surface area contributed by atoms with E-state index in [1.54, 1.807) is 11.0 Å². The van der Waals surface area contributed by atoms with Gasteiger partial charge in [-0.15, -0.1) is 0 Å². The van der Waals surface area contributed by atoms with Crippen molar-refractivity contribution in [3.63, 3.8) is 0 Å². The molecule has 0 spiro atoms. The fourth-order valence-corrected chi connectivity index (χ4v) is 2.52. The third-order valence-electron chi connectivity index (χ3n) is 3.40. The van der Waals surface area contributed by atoms with E-state index in [-0.39, 0.29) is 5.41 Å². The van der Waals surface area contributed by atoms with Crippen molar-refractivity contribution in [3.8, 4) is 5.69 Å². The molecule has 0 unspecified atom stereocenters. The monoisotopic (exact) mass is 307 g/mol. The van der Waals surface area contributed by atoms with Gasteiger partial charge in [0.15, 0.2) is 0 Å². The smallest absolute Gasteiger partial charge is 0.138 e. The van der Waals surface area contributed by atoms with Gasteiger partial charge < -0.3 is 10.6 Å². The van der Waals surface area contributed by atoms with Crippen LogP contribution in [0.4, 0.5) is 0 Å². The molecular weight excluding hydrogens is 286 g/mol. The summed E-state index contributed by atoms with van der Waals surface area (Å²) in [6.07, 6.45) is 3.20. The normalized spacial score (nSPS) is 12.1. The summed E-state index contributed by atoms with van der Waals surface area (Å²) in [5.41, 5.74) is 8.01. The second-order valence-electron chi connectivity index (χ2n) is 6.15. The first kappa shape index (κ1) is 15.9. The van der Waals surface area contributed by atoms with Crippen molar-refractivity contribution >= 4 is 11.6 Å². The summed E-state index contributed by atoms with van der Waals surface area (Å²) >= 11 is 6.11. The molecule has 0 atom stereocenters. The summed E-state index contributed by atoms with van der Waals surface area (Å²) in [4.78, 5) is 6.26. The van der Waals surface area contributed by atoms with Crippen molar-refractivity contribution in [2.75, 3.05) is 20.1 Å². The molecule has 2 N–H and O–H groups in total. The molecule has 2 aromatic rings. The van der Waals surface area contributed by atoms with Gasteiger partial charge in [0.2, 0.25) is 0 Å². The number of nitrogens with two attached hydrogens (primary N) is 1. The topological polar surface area (TPSA) is 60.0 Å². The van der Waals surface area contributed by atoms with Crippen LogP contribution in [0.2, 0.25) is 5.02 Å². The van der Waals surface area contributed by atoms with Gasteiger partial charge in [-0.25, -0.2) is 9.67 Å². The van der Waals surface area contributed by atoms with Crippen LogP contribution in [0.15, 0.2) is 30.9 Å². The first-order valence-corrected chi connectivity index (χ1v) is 7.31. The molecule has 6 heteroatoms. The Kier molecular flexibility index (Phi) is 4.98. The Hall–Kier alpha value is -1.43. The first-order chi connectivity index (χ1) is 9.91. The van der Waals surface area contributed by atoms with Crippen LogP contribution >= 0.6 is 11.6 Å². The lowest BCUT2D eigenvalue weighted by Gasteiger charge is -2.29. The number of hydrogen-bond donors (Lipinski definition) is 1. The van der Waals surface area contributed by atoms with Gasteiger partial charge in [0.25, 0.3) is 0 Å². The van der Waals surface area contributed by atoms with Crippen LogP contribution < -0.4 is 5.73 Å². The van der Waals surface area contributed by atoms with E-state index >= 15 is 0 Å². The number of aromatic nitrogens is 3. The summed E-state index contributed by atoms with van der Waals surface area (Å²) in [6, 6.07) is 5.85. The van der Waals surface area contributed by atoms with E-state index in [4.69, 9.17) is 17.3 Å². The quantitative estimate of drug-likeness (QED) is 0.890. The average Bonchev–Trinajstić information content (AvgIpc) is 2.94. The fraction of sp³-hybridized carbons (Fsp3) is 0.467. The van der Waals surface area contributed by atoms with E-state index in [0.29, 0.717) is 11.6 Å². The molecule has 114 valence electrons. The molecule has 0 bridgehead atoms. The average molecular weight is 308 g/mol. The molecule has 2 rings (SSSR count). The zero-order chi connectivity index (χ0) is 15.5. The second kappa shape index (κ2) is 6.56. The Morgan fingerprint density at radius 2 is 2.14 bits per heavy atom. The molecule has 1 aromatic carbocycles. The Morgan fingerprint density at radius 1 is 1.38 bits per heavy atom. The summed E-state index contributed by atoms with van der Waals surface area (Å²) < 4.78 is 1.74. The van der Waals surface area contributed by atoms with Gasteiger partial charge in [0.05, 0.1) is 5.69 Å². The minimum absolute atomic E-state index is 0.0919. The molecule has 0 aliphatic rings. The van der Waals surface area contributed by atoms with E-state index in [1.165, 1.54) is 6.33 Å². The highest BCUT2D eigenvalue weighted by Gasteiger charge is 2.19. The second-order valence-corrected chi connectivity index (χ2v) is 6.59. The molecule has 0 aliphatic carbocycles. The molecule has 1 heterocycles. The molecule has 5 nitrogen and oxygen atoms in total. The SMILES string of the molecule is CN(Cc1ccc(Cl)cc1-n1cncn1)CC(C)(C)CN. The van der Waals surface area contributed by atoms with Crippen LogP contribution in [-0.4, -0.2) is 39.8 Å². The summed E-state index contributed by atoms with van der Waals surface area (Å²) in [5.74, 6) is 0. The van der Waals surface area contributed by atoms with Gasteiger partial charge in [-0.2, -0.15) is 5.10 Å². The van der Waals surface area contributed by atoms with Crippen molar-refractivity contribution in [1.82, 2.24) is 19.7 Å². The number of hydrogen-bond acceptors (Lipinski definition) is 4. The summed E-state index contributed by atoms with van der Waals surface area (Å²) in [6.45, 7) is 6.72. The van der Waals surface area contributed by atoms with Crippen LogP contribution in [-0.2, 0) is 6.54 Å². The highest BCUT2D eigenvalue weighted by molar-refractivity contribution is 6.30. The molecular formula is C15H22ClN5. The highest BCUT2D eigenvalue weighted by atomic mass is 35.5. The van der Waals surface area contributed by atoms with Crippen LogP contribution in [0.3, 0.4) is 0 Å². The summed E-state index contributed by atoms with van der Waals surface area (Å²) in [7, 11) is 2.09. The van der Waals surface area contributed by atoms with E-state index in [9.17, 15) is 0 Å². The lowest BCUT2D eigenvalue weighted by Crippen LogP contribution is -2.36. The number of halogens is 1. The third kappa shape index (κ3) is 4.27. The first-order valence-electron chi connectivity index (χ1n) is 6.93. The largest absolute Gasteiger partial charge is 0.330 e. The van der Waals surface area contributed by atoms with Gasteiger partial charge in [-0.05, 0) is 36.7 Å². The molecule has 0 saturated carbocycles. The minimum atomic E-state index is 0.0919. The van der Waals surface area contributed by atoms with Crippen LogP contribution in [0.5, 0.6) is 0 Å². The maximum absolute atomic E-state index is 6.11. The minimum Gasteiger partial charge on any atom is -0.330 e. The fourth-order valence-electron chi connectivity index (χ4n) is 2.36. The lowest BCUT2D eigenvalue weighted by atomic mass is 9.93. The molecule has 0 radical (unpaired) electrons. The summed E-state index contributed by atoms with van der Waals surface area (Å²) in [5, 5.41) is 4.88. The van der Waals surface area contributed by atoms with Gasteiger partial charge in [0, 0.05) is 18.1 Å². The molecule has 0 fully saturated rings. The van der Waals surface area contributed by atoms with Gasteiger partial charge >= 0.3 is 0 Å². The maximum atomic E-state index is 6.11. The number of benzene rings is 1. The van der Waals surface area contributed by atoms with E-state index in [2.05, 4.69) is 35.9 Å². The van der Waals surface area contributed by atoms with E-state index < -0.39 is 0 Å². The zero-order valence-electron chi connectivity index (χ0n) is 12.8. The standard InChI is InChI=1S/C15H22ClN5/c1-15(2,8-17)9-20(3)7-12-4-5-13(16)6-14(12)21-11-18-10-19-21/h4-6,10-11H,7-9,17H2,1-3H3. The predicted octanol–water partition coefficient (Wildman–Crippen LogP) is 2.34. The van der Waals surface area contributed by atoms with Crippen molar-refractivity contribution in [2.45, 2.75) is 20.4 Å². The van der Waals surface area contributed by atoms with Crippen molar-refractivity contribution in [1.29, 1.82) is 0 Å². The van der Waals surface area contributed by atoms with Crippen molar-refractivity contribution in [3.05, 3.63) is 41.4 Å². The third-order valence-corrected chi connectivity index (χ3v) is 3.64. The van der Waals surface area contributed by atoms with Crippen molar-refractivity contribution < 1.29 is 0 Å². The van der Waals surface area contributed by atoms with Gasteiger partial charge in [-0.3, -0.25) is 0 Å². The van der Waals surface area contributed by atoms with Crippen molar-refractivity contribution in [2.24, 2.45) is 11.1 Å². The van der Waals surface area contributed by atoms with E-state index in [1.807, 2.05) is 18.2 Å². The molecule has 1 aromatic heterocycles. The van der Waals surface area contributed by atoms with Gasteiger partial charge in [-0.1, -0.05) is 31.5 Å². The number of nitrogens with zero attached hydrogens (tertiary/aromatic N) is 4. The maximum Gasteiger partial charge on any atom is 0.138 e. The van der Waals surface area contributed by atoms with Gasteiger partial charge in [0.1, 0.15) is 12.7 Å². The highest BCUT2D eigenvalue weighted by Crippen LogP contribution is 2.22. The van der Waals surface area contributed by atoms with E-state index in [0.717, 1.165) is 24.3 Å². The molecule has 0 amide bonds. The van der Waals surface area contributed by atoms with Crippen LogP contribution in [0, 0.1) is 5.41 Å². The lowest BCUT2D eigenvalue weighted by molar-refractivity contribution is 0.210. The molecule has 21 heavy (non-hydrogen) atoms. The predicted molar refractivity (Wildman–Crippen MR) is 85.5 cm³/mol. The molecule has 0 aliphatic heterocycles. The Bertz CT molecular complexity index is 580. The Morgan fingerprint density at radius 3 is 2.76 bits per heavy atom. The molecule has 0 saturated heterocycles. The Labute approximate surface area is 130 Å². The van der Waals surface area contributed by atoms with Crippen LogP contribution in [0.25, 0.3) is 5.69 Å². The zero-order valence-corrected chi connectivity index (χ0v) is 13.5. The van der Waals surface area contributed by atoms with Crippen LogP contribution in [0.1, 0.15) is 19.4 Å².